The topological polar surface area (TPSA) is 26.0 Å². The Balaban J connectivity index is 2.93. The van der Waals surface area contributed by atoms with Crippen molar-refractivity contribution in [1.82, 2.24) is 0 Å². The standard InChI is InChI=1S/C16H29N/c1-7-14(8-2)12(4)13(5)16(6)11(3)9-10-15(16)17/h9-10,12-14H,7-8,17H2,1-6H3/t12-,13+,16+/m1/s1. The van der Waals surface area contributed by atoms with E-state index in [9.17, 15) is 0 Å². The summed E-state index contributed by atoms with van der Waals surface area (Å²) < 4.78 is 0. The van der Waals surface area contributed by atoms with Crippen LogP contribution in [0, 0.1) is 23.2 Å². The minimum Gasteiger partial charge on any atom is -0.401 e. The molecule has 0 amide bonds. The Morgan fingerprint density at radius 3 is 2.06 bits per heavy atom. The highest BCUT2D eigenvalue weighted by molar-refractivity contribution is 5.38. The molecule has 0 saturated carbocycles. The first-order valence-electron chi connectivity index (χ1n) is 7.04. The van der Waals surface area contributed by atoms with Crippen LogP contribution in [-0.4, -0.2) is 0 Å². The zero-order valence-electron chi connectivity index (χ0n) is 12.4. The van der Waals surface area contributed by atoms with Crippen molar-refractivity contribution in [3.63, 3.8) is 0 Å². The van der Waals surface area contributed by atoms with Crippen LogP contribution in [-0.2, 0) is 0 Å². The highest BCUT2D eigenvalue weighted by atomic mass is 14.7. The molecule has 1 aliphatic carbocycles. The molecule has 0 aromatic rings. The number of hydrogen-bond acceptors (Lipinski definition) is 1. The van der Waals surface area contributed by atoms with Crippen LogP contribution in [0.1, 0.15) is 54.4 Å². The van der Waals surface area contributed by atoms with Crippen LogP contribution in [0.3, 0.4) is 0 Å². The monoisotopic (exact) mass is 235 g/mol. The SMILES string of the molecule is CCC(CC)[C@H](C)[C@H](C)[C@]1(C)C(C)=CC=C1N. The van der Waals surface area contributed by atoms with Gasteiger partial charge in [-0.1, -0.05) is 59.1 Å². The van der Waals surface area contributed by atoms with Gasteiger partial charge in [0, 0.05) is 11.1 Å². The smallest absolute Gasteiger partial charge is 0.0307 e. The lowest BCUT2D eigenvalue weighted by Gasteiger charge is -2.41. The van der Waals surface area contributed by atoms with Gasteiger partial charge in [-0.05, 0) is 30.8 Å². The molecule has 0 heterocycles. The molecule has 1 nitrogen and oxygen atoms in total. The summed E-state index contributed by atoms with van der Waals surface area (Å²) in [6.45, 7) is 13.9. The van der Waals surface area contributed by atoms with Crippen molar-refractivity contribution in [3.8, 4) is 0 Å². The molecule has 2 N–H and O–H groups in total. The van der Waals surface area contributed by atoms with Crippen molar-refractivity contribution in [1.29, 1.82) is 0 Å². The van der Waals surface area contributed by atoms with Gasteiger partial charge in [0.05, 0.1) is 0 Å². The van der Waals surface area contributed by atoms with Crippen molar-refractivity contribution in [2.75, 3.05) is 0 Å². The molecule has 0 spiro atoms. The van der Waals surface area contributed by atoms with Crippen molar-refractivity contribution in [3.05, 3.63) is 23.4 Å². The average molecular weight is 235 g/mol. The summed E-state index contributed by atoms with van der Waals surface area (Å²) in [7, 11) is 0. The number of rotatable bonds is 5. The zero-order chi connectivity index (χ0) is 13.2. The molecule has 1 rings (SSSR count). The second kappa shape index (κ2) is 5.29. The number of hydrogen-bond donors (Lipinski definition) is 1. The molecule has 0 aliphatic heterocycles. The van der Waals surface area contributed by atoms with Gasteiger partial charge in [0.1, 0.15) is 0 Å². The third kappa shape index (κ3) is 2.29. The van der Waals surface area contributed by atoms with E-state index in [-0.39, 0.29) is 5.41 Å². The van der Waals surface area contributed by atoms with E-state index in [1.165, 1.54) is 18.4 Å². The fraction of sp³-hybridized carbons (Fsp3) is 0.750. The molecule has 1 heteroatoms. The van der Waals surface area contributed by atoms with E-state index in [0.717, 1.165) is 11.6 Å². The van der Waals surface area contributed by atoms with E-state index in [1.54, 1.807) is 0 Å². The van der Waals surface area contributed by atoms with E-state index >= 15 is 0 Å². The highest BCUT2D eigenvalue weighted by Gasteiger charge is 2.41. The summed E-state index contributed by atoms with van der Waals surface area (Å²) in [6.07, 6.45) is 6.81. The molecule has 0 fully saturated rings. The third-order valence-corrected chi connectivity index (χ3v) is 5.42. The summed E-state index contributed by atoms with van der Waals surface area (Å²) in [5, 5.41) is 0. The summed E-state index contributed by atoms with van der Waals surface area (Å²) in [5.41, 5.74) is 8.76. The Kier molecular flexibility index (Phi) is 4.46. The molecule has 0 bridgehead atoms. The molecule has 0 saturated heterocycles. The molecule has 0 unspecified atom stereocenters. The molecule has 0 aromatic heterocycles. The minimum absolute atomic E-state index is 0.0714. The summed E-state index contributed by atoms with van der Waals surface area (Å²) >= 11 is 0. The van der Waals surface area contributed by atoms with E-state index in [2.05, 4.69) is 53.7 Å². The van der Waals surface area contributed by atoms with Gasteiger partial charge < -0.3 is 5.73 Å². The van der Waals surface area contributed by atoms with E-state index in [1.807, 2.05) is 0 Å². The molecule has 17 heavy (non-hydrogen) atoms. The molecule has 0 aromatic carbocycles. The number of nitrogens with two attached hydrogens (primary N) is 1. The van der Waals surface area contributed by atoms with Crippen molar-refractivity contribution in [2.24, 2.45) is 28.9 Å². The second-order valence-corrected chi connectivity index (χ2v) is 5.90. The Hall–Kier alpha value is -0.720. The van der Waals surface area contributed by atoms with Gasteiger partial charge in [0.15, 0.2) is 0 Å². The molecule has 0 radical (unpaired) electrons. The lowest BCUT2D eigenvalue weighted by molar-refractivity contribution is 0.159. The average Bonchev–Trinajstić information content (AvgIpc) is 2.58. The van der Waals surface area contributed by atoms with Crippen LogP contribution < -0.4 is 5.73 Å². The predicted octanol–water partition coefficient (Wildman–Crippen LogP) is 4.50. The Morgan fingerprint density at radius 1 is 1.18 bits per heavy atom. The van der Waals surface area contributed by atoms with Crippen molar-refractivity contribution < 1.29 is 0 Å². The Labute approximate surface area is 107 Å². The first-order valence-corrected chi connectivity index (χ1v) is 7.04. The van der Waals surface area contributed by atoms with Gasteiger partial charge in [0.25, 0.3) is 0 Å². The van der Waals surface area contributed by atoms with E-state index in [0.29, 0.717) is 11.8 Å². The summed E-state index contributed by atoms with van der Waals surface area (Å²) in [6, 6.07) is 0. The lowest BCUT2D eigenvalue weighted by Crippen LogP contribution is -2.36. The maximum Gasteiger partial charge on any atom is 0.0307 e. The normalized spacial score (nSPS) is 27.9. The summed E-state index contributed by atoms with van der Waals surface area (Å²) in [5.74, 6) is 2.12. The minimum atomic E-state index is 0.0714. The quantitative estimate of drug-likeness (QED) is 0.746. The van der Waals surface area contributed by atoms with Crippen LogP contribution in [0.5, 0.6) is 0 Å². The predicted molar refractivity (Wildman–Crippen MR) is 76.5 cm³/mol. The fourth-order valence-electron chi connectivity index (χ4n) is 3.38. The first-order chi connectivity index (χ1) is 7.89. The van der Waals surface area contributed by atoms with Gasteiger partial charge in [-0.3, -0.25) is 0 Å². The summed E-state index contributed by atoms with van der Waals surface area (Å²) in [4.78, 5) is 0. The highest BCUT2D eigenvalue weighted by Crippen LogP contribution is 2.48. The molecule has 1 aliphatic rings. The molecule has 3 atom stereocenters. The van der Waals surface area contributed by atoms with E-state index < -0.39 is 0 Å². The van der Waals surface area contributed by atoms with Gasteiger partial charge >= 0.3 is 0 Å². The largest absolute Gasteiger partial charge is 0.401 e. The fourth-order valence-corrected chi connectivity index (χ4v) is 3.38. The molecule has 98 valence electrons. The van der Waals surface area contributed by atoms with Crippen LogP contribution in [0.4, 0.5) is 0 Å². The van der Waals surface area contributed by atoms with Crippen molar-refractivity contribution >= 4 is 0 Å². The van der Waals surface area contributed by atoms with Crippen LogP contribution in [0.25, 0.3) is 0 Å². The first kappa shape index (κ1) is 14.3. The van der Waals surface area contributed by atoms with Crippen molar-refractivity contribution in [2.45, 2.75) is 54.4 Å². The van der Waals surface area contributed by atoms with Gasteiger partial charge in [0.2, 0.25) is 0 Å². The maximum absolute atomic E-state index is 6.23. The van der Waals surface area contributed by atoms with Crippen LogP contribution >= 0.6 is 0 Å². The molecular formula is C16H29N. The third-order valence-electron chi connectivity index (χ3n) is 5.42. The Bertz CT molecular complexity index is 302. The molecular weight excluding hydrogens is 206 g/mol. The zero-order valence-corrected chi connectivity index (χ0v) is 12.4. The van der Waals surface area contributed by atoms with Gasteiger partial charge in [-0.15, -0.1) is 0 Å². The maximum atomic E-state index is 6.23. The number of allylic oxidation sites excluding steroid dienone is 3. The van der Waals surface area contributed by atoms with Gasteiger partial charge in [-0.2, -0.15) is 0 Å². The van der Waals surface area contributed by atoms with Gasteiger partial charge in [-0.25, -0.2) is 0 Å². The van der Waals surface area contributed by atoms with E-state index in [4.69, 9.17) is 5.73 Å². The Morgan fingerprint density at radius 2 is 1.71 bits per heavy atom. The van der Waals surface area contributed by atoms with Crippen LogP contribution in [0.15, 0.2) is 23.4 Å². The lowest BCUT2D eigenvalue weighted by atomic mass is 9.64. The van der Waals surface area contributed by atoms with Crippen LogP contribution in [0.2, 0.25) is 0 Å². The second-order valence-electron chi connectivity index (χ2n) is 5.90.